The van der Waals surface area contributed by atoms with Gasteiger partial charge in [0, 0.05) is 10.8 Å². The lowest BCUT2D eigenvalue weighted by Crippen LogP contribution is -2.11. The van der Waals surface area contributed by atoms with Crippen LogP contribution in [-0.4, -0.2) is 11.9 Å². The minimum absolute atomic E-state index is 0.414. The van der Waals surface area contributed by atoms with Crippen molar-refractivity contribution in [3.63, 3.8) is 0 Å². The molecule has 37 heavy (non-hydrogen) atoms. The summed E-state index contributed by atoms with van der Waals surface area (Å²) in [6, 6.07) is 35.9. The Kier molecular flexibility index (Phi) is 5.62. The highest BCUT2D eigenvalue weighted by atomic mass is 16.5. The number of esters is 2. The van der Waals surface area contributed by atoms with E-state index < -0.39 is 11.9 Å². The van der Waals surface area contributed by atoms with Crippen LogP contribution in [-0.2, 0) is 0 Å². The molecule has 0 aliphatic rings. The van der Waals surface area contributed by atoms with Gasteiger partial charge in [0.15, 0.2) is 0 Å². The van der Waals surface area contributed by atoms with Crippen LogP contribution in [0.3, 0.4) is 0 Å². The summed E-state index contributed by atoms with van der Waals surface area (Å²) in [4.78, 5) is 26.2. The van der Waals surface area contributed by atoms with Crippen LogP contribution in [0.1, 0.15) is 26.3 Å². The van der Waals surface area contributed by atoms with Crippen molar-refractivity contribution in [1.82, 2.24) is 0 Å². The molecule has 0 unspecified atom stereocenters. The molecule has 6 rings (SSSR count). The van der Waals surface area contributed by atoms with Crippen LogP contribution in [0.5, 0.6) is 11.5 Å². The fourth-order valence-electron chi connectivity index (χ4n) is 4.61. The van der Waals surface area contributed by atoms with Gasteiger partial charge in [0.05, 0.1) is 11.1 Å². The predicted octanol–water partition coefficient (Wildman–Crippen LogP) is 7.89. The van der Waals surface area contributed by atoms with Gasteiger partial charge in [0.2, 0.25) is 0 Å². The van der Waals surface area contributed by atoms with Crippen molar-refractivity contribution < 1.29 is 19.1 Å². The van der Waals surface area contributed by atoms with Crippen molar-refractivity contribution in [2.24, 2.45) is 0 Å². The lowest BCUT2D eigenvalue weighted by atomic mass is 10.0. The number of rotatable bonds is 4. The Balaban J connectivity index is 1.33. The van der Waals surface area contributed by atoms with Gasteiger partial charge in [-0.3, -0.25) is 0 Å². The summed E-state index contributed by atoms with van der Waals surface area (Å²) in [6.07, 6.45) is 0. The Morgan fingerprint density at radius 2 is 1.00 bits per heavy atom. The predicted molar refractivity (Wildman–Crippen MR) is 146 cm³/mol. The van der Waals surface area contributed by atoms with Gasteiger partial charge in [0.1, 0.15) is 11.5 Å². The molecule has 0 aliphatic heterocycles. The van der Waals surface area contributed by atoms with E-state index in [9.17, 15) is 9.59 Å². The first-order chi connectivity index (χ1) is 18.1. The Hall–Kier alpha value is -4.96. The number of carbonyl (C=O) groups excluding carboxylic acids is 2. The number of aryl methyl sites for hydroxylation is 1. The quantitative estimate of drug-likeness (QED) is 0.189. The molecular weight excluding hydrogens is 460 g/mol. The molecule has 0 atom stereocenters. The molecule has 0 saturated heterocycles. The van der Waals surface area contributed by atoms with Crippen molar-refractivity contribution in [3.05, 3.63) is 132 Å². The molecule has 0 aromatic heterocycles. The number of hydrogen-bond acceptors (Lipinski definition) is 4. The average molecular weight is 483 g/mol. The number of benzene rings is 6. The van der Waals surface area contributed by atoms with Crippen molar-refractivity contribution in [2.45, 2.75) is 6.92 Å². The zero-order valence-corrected chi connectivity index (χ0v) is 20.1. The van der Waals surface area contributed by atoms with E-state index >= 15 is 0 Å². The molecule has 0 bridgehead atoms. The normalized spacial score (nSPS) is 11.1. The molecule has 6 aromatic rings. The molecule has 6 aromatic carbocycles. The summed E-state index contributed by atoms with van der Waals surface area (Å²) in [5, 5.41) is 5.42. The Labute approximate surface area is 213 Å². The van der Waals surface area contributed by atoms with Gasteiger partial charge in [0.25, 0.3) is 0 Å². The molecule has 0 radical (unpaired) electrons. The van der Waals surface area contributed by atoms with E-state index in [2.05, 4.69) is 0 Å². The maximum absolute atomic E-state index is 13.1. The summed E-state index contributed by atoms with van der Waals surface area (Å²) in [7, 11) is 0. The van der Waals surface area contributed by atoms with Gasteiger partial charge in [-0.2, -0.15) is 0 Å². The standard InChI is InChI=1S/C33H22O4/c1-21-18-30(36-32(34)26-16-14-22-8-2-4-10-24(22)19-26)28-12-6-7-13-29(28)31(21)37-33(35)27-17-15-23-9-3-5-11-25(23)20-27/h2-20H,1H3. The summed E-state index contributed by atoms with van der Waals surface area (Å²) in [6.45, 7) is 1.84. The second-order valence-corrected chi connectivity index (χ2v) is 8.97. The highest BCUT2D eigenvalue weighted by molar-refractivity contribution is 6.02. The molecule has 0 heterocycles. The minimum Gasteiger partial charge on any atom is -0.422 e. The van der Waals surface area contributed by atoms with Gasteiger partial charge in [-0.25, -0.2) is 9.59 Å². The highest BCUT2D eigenvalue weighted by Gasteiger charge is 2.19. The van der Waals surface area contributed by atoms with Gasteiger partial charge in [-0.05, 0) is 64.4 Å². The third-order valence-corrected chi connectivity index (χ3v) is 6.51. The van der Waals surface area contributed by atoms with E-state index in [1.165, 1.54) is 0 Å². The lowest BCUT2D eigenvalue weighted by molar-refractivity contribution is 0.0722. The van der Waals surface area contributed by atoms with E-state index in [4.69, 9.17) is 9.47 Å². The minimum atomic E-state index is -0.448. The lowest BCUT2D eigenvalue weighted by Gasteiger charge is -2.15. The van der Waals surface area contributed by atoms with Gasteiger partial charge in [-0.1, -0.05) is 84.9 Å². The number of ether oxygens (including phenoxy) is 2. The van der Waals surface area contributed by atoms with Gasteiger partial charge in [-0.15, -0.1) is 0 Å². The largest absolute Gasteiger partial charge is 0.422 e. The van der Waals surface area contributed by atoms with Crippen molar-refractivity contribution in [3.8, 4) is 11.5 Å². The molecule has 4 nitrogen and oxygen atoms in total. The van der Waals surface area contributed by atoms with E-state index in [0.29, 0.717) is 39.0 Å². The summed E-state index contributed by atoms with van der Waals surface area (Å²) in [5.41, 5.74) is 1.62. The molecular formula is C33H22O4. The maximum Gasteiger partial charge on any atom is 0.343 e. The van der Waals surface area contributed by atoms with E-state index in [-0.39, 0.29) is 0 Å². The monoisotopic (exact) mass is 482 g/mol. The van der Waals surface area contributed by atoms with Crippen molar-refractivity contribution in [2.75, 3.05) is 0 Å². The topological polar surface area (TPSA) is 52.6 Å². The van der Waals surface area contributed by atoms with Crippen LogP contribution < -0.4 is 9.47 Å². The molecule has 4 heteroatoms. The van der Waals surface area contributed by atoms with Gasteiger partial charge >= 0.3 is 11.9 Å². The van der Waals surface area contributed by atoms with Crippen LogP contribution in [0, 0.1) is 6.92 Å². The number of hydrogen-bond donors (Lipinski definition) is 0. The van der Waals surface area contributed by atoms with Crippen LogP contribution >= 0.6 is 0 Å². The Morgan fingerprint density at radius 3 is 1.59 bits per heavy atom. The van der Waals surface area contributed by atoms with Crippen molar-refractivity contribution in [1.29, 1.82) is 0 Å². The summed E-state index contributed by atoms with van der Waals surface area (Å²) >= 11 is 0. The highest BCUT2D eigenvalue weighted by Crippen LogP contribution is 2.37. The van der Waals surface area contributed by atoms with Crippen LogP contribution in [0.25, 0.3) is 32.3 Å². The molecule has 0 aliphatic carbocycles. The molecule has 0 fully saturated rings. The average Bonchev–Trinajstić information content (AvgIpc) is 2.94. The first-order valence-electron chi connectivity index (χ1n) is 12.0. The van der Waals surface area contributed by atoms with E-state index in [1.54, 1.807) is 18.2 Å². The Morgan fingerprint density at radius 1 is 0.514 bits per heavy atom. The zero-order valence-electron chi connectivity index (χ0n) is 20.1. The SMILES string of the molecule is Cc1cc(OC(=O)c2ccc3ccccc3c2)c2ccccc2c1OC(=O)c1ccc2ccccc2c1. The Bertz CT molecular complexity index is 1830. The fraction of sp³-hybridized carbons (Fsp3) is 0.0303. The molecule has 178 valence electrons. The third-order valence-electron chi connectivity index (χ3n) is 6.51. The van der Waals surface area contributed by atoms with Crippen LogP contribution in [0.2, 0.25) is 0 Å². The second-order valence-electron chi connectivity index (χ2n) is 8.97. The fourth-order valence-corrected chi connectivity index (χ4v) is 4.61. The first-order valence-corrected chi connectivity index (χ1v) is 12.0. The van der Waals surface area contributed by atoms with Gasteiger partial charge < -0.3 is 9.47 Å². The first kappa shape index (κ1) is 22.5. The second kappa shape index (κ2) is 9.25. The van der Waals surface area contributed by atoms with Crippen molar-refractivity contribution >= 4 is 44.3 Å². The molecule has 0 N–H and O–H groups in total. The van der Waals surface area contributed by atoms with Crippen LogP contribution in [0.15, 0.2) is 115 Å². The van der Waals surface area contributed by atoms with E-state index in [0.717, 1.165) is 21.5 Å². The smallest absolute Gasteiger partial charge is 0.343 e. The third kappa shape index (κ3) is 4.30. The number of fused-ring (bicyclic) bond motifs is 3. The molecule has 0 amide bonds. The zero-order chi connectivity index (χ0) is 25.4. The summed E-state index contributed by atoms with van der Waals surface area (Å²) < 4.78 is 11.8. The molecule has 0 spiro atoms. The summed E-state index contributed by atoms with van der Waals surface area (Å²) in [5.74, 6) is -0.0350. The van der Waals surface area contributed by atoms with Crippen LogP contribution in [0.4, 0.5) is 0 Å². The number of carbonyl (C=O) groups is 2. The maximum atomic E-state index is 13.1. The van der Waals surface area contributed by atoms with E-state index in [1.807, 2.05) is 104 Å². The molecule has 0 saturated carbocycles.